The van der Waals surface area contributed by atoms with Gasteiger partial charge < -0.3 is 29.9 Å². The van der Waals surface area contributed by atoms with Gasteiger partial charge in [0, 0.05) is 76.2 Å². The van der Waals surface area contributed by atoms with Crippen LogP contribution in [0.3, 0.4) is 0 Å². The van der Waals surface area contributed by atoms with Crippen LogP contribution < -0.4 is 11.0 Å². The number of phenolic OH excluding ortho intramolecular Hbond substituents is 1. The first kappa shape index (κ1) is 35.1. The number of carbonyl (C=O) groups excluding carboxylic acids is 2. The van der Waals surface area contributed by atoms with Crippen molar-refractivity contribution in [3.8, 4) is 5.75 Å². The maximum atomic E-state index is 14.0. The Morgan fingerprint density at radius 1 is 0.980 bits per heavy atom. The van der Waals surface area contributed by atoms with Crippen LogP contribution in [0, 0.1) is 0 Å². The number of halogens is 4. The van der Waals surface area contributed by atoms with Crippen molar-refractivity contribution < 1.29 is 32.6 Å². The number of pyridine rings is 1. The predicted octanol–water partition coefficient (Wildman–Crippen LogP) is 4.54. The number of nitrogens with one attached hydrogen (secondary N) is 2. The molecule has 0 radical (unpaired) electrons. The number of aromatic amines is 1. The Morgan fingerprint density at radius 2 is 1.65 bits per heavy atom. The number of nitrogens with zero attached hydrogens (tertiary/aromatic N) is 5. The first-order valence-electron chi connectivity index (χ1n) is 17.2. The van der Waals surface area contributed by atoms with Gasteiger partial charge in [0.1, 0.15) is 5.75 Å². The third-order valence-corrected chi connectivity index (χ3v) is 10.7. The summed E-state index contributed by atoms with van der Waals surface area (Å²) in [6.45, 7) is 4.92. The van der Waals surface area contributed by atoms with Gasteiger partial charge in [-0.25, -0.2) is 9.59 Å². The number of hydrogen-bond donors (Lipinski definition) is 3. The SMILES string of the molecule is O=C(O[C@H](Cc1cc(Cl)c(O)c(C(F)(F)F)c1)C(=O)N1CCC(N2CCNCC2)CC1)N1CCC(n2c(=O)[nH]c3c4ccccc4ncc32)CC1. The number of fused-ring (bicyclic) bond motifs is 3. The number of likely N-dealkylation sites (tertiary alicyclic amines) is 2. The molecule has 0 aliphatic carbocycles. The number of H-pyrrole nitrogens is 1. The maximum absolute atomic E-state index is 14.0. The van der Waals surface area contributed by atoms with Gasteiger partial charge in [-0.05, 0) is 49.4 Å². The number of aromatic nitrogens is 3. The lowest BCUT2D eigenvalue weighted by Crippen LogP contribution is -2.54. The molecule has 0 unspecified atom stereocenters. The zero-order valence-electron chi connectivity index (χ0n) is 27.8. The highest BCUT2D eigenvalue weighted by atomic mass is 35.5. The van der Waals surface area contributed by atoms with Crippen LogP contribution in [0.5, 0.6) is 5.75 Å². The van der Waals surface area contributed by atoms with Crippen molar-refractivity contribution in [3.63, 3.8) is 0 Å². The molecule has 0 saturated carbocycles. The van der Waals surface area contributed by atoms with E-state index in [2.05, 4.69) is 20.2 Å². The number of piperazine rings is 1. The number of aromatic hydroxyl groups is 1. The highest BCUT2D eigenvalue weighted by Crippen LogP contribution is 2.41. The van der Waals surface area contributed by atoms with Gasteiger partial charge in [0.25, 0.3) is 5.91 Å². The Hall–Kier alpha value is -4.34. The van der Waals surface area contributed by atoms with E-state index in [1.807, 2.05) is 24.3 Å². The molecule has 3 N–H and O–H groups in total. The zero-order valence-corrected chi connectivity index (χ0v) is 28.5. The summed E-state index contributed by atoms with van der Waals surface area (Å²) in [5.41, 5.74) is 0.489. The van der Waals surface area contributed by atoms with E-state index in [0.29, 0.717) is 43.0 Å². The van der Waals surface area contributed by atoms with E-state index in [1.165, 1.54) is 4.90 Å². The van der Waals surface area contributed by atoms with Crippen molar-refractivity contribution in [2.45, 2.75) is 56.5 Å². The molecule has 0 spiro atoms. The molecule has 5 heterocycles. The predicted molar refractivity (Wildman–Crippen MR) is 184 cm³/mol. The summed E-state index contributed by atoms with van der Waals surface area (Å²) in [5.74, 6) is -1.61. The van der Waals surface area contributed by atoms with Crippen LogP contribution in [0.25, 0.3) is 21.9 Å². The molecule has 2 amide bonds. The molecule has 3 aliphatic heterocycles. The molecule has 4 aromatic rings. The number of ether oxygens (including phenoxy) is 1. The lowest BCUT2D eigenvalue weighted by molar-refractivity contribution is -0.142. The Bertz CT molecular complexity index is 1980. The second kappa shape index (κ2) is 14.4. The van der Waals surface area contributed by atoms with Crippen LogP contribution in [0.15, 0.2) is 47.4 Å². The number of benzene rings is 2. The van der Waals surface area contributed by atoms with Crippen LogP contribution >= 0.6 is 11.6 Å². The number of hydrogen-bond acceptors (Lipinski definition) is 8. The lowest BCUT2D eigenvalue weighted by Gasteiger charge is -2.41. The molecule has 7 rings (SSSR count). The molecule has 16 heteroatoms. The summed E-state index contributed by atoms with van der Waals surface area (Å²) in [6, 6.07) is 9.48. The molecule has 2 aromatic carbocycles. The van der Waals surface area contributed by atoms with Crippen LogP contribution in [0.4, 0.5) is 18.0 Å². The quantitative estimate of drug-likeness (QED) is 0.264. The molecule has 1 atom stereocenters. The van der Waals surface area contributed by atoms with Crippen LogP contribution in [0.1, 0.15) is 42.9 Å². The van der Waals surface area contributed by atoms with Crippen molar-refractivity contribution in [1.29, 1.82) is 0 Å². The summed E-state index contributed by atoms with van der Waals surface area (Å²) in [7, 11) is 0. The summed E-state index contributed by atoms with van der Waals surface area (Å²) in [4.78, 5) is 53.6. The van der Waals surface area contributed by atoms with Gasteiger partial charge in [-0.2, -0.15) is 13.2 Å². The molecular weight excluding hydrogens is 691 g/mol. The van der Waals surface area contributed by atoms with Crippen molar-refractivity contribution >= 4 is 45.5 Å². The minimum Gasteiger partial charge on any atom is -0.506 e. The summed E-state index contributed by atoms with van der Waals surface area (Å²) in [5, 5.41) is 13.7. The molecule has 51 heavy (non-hydrogen) atoms. The minimum absolute atomic E-state index is 0.00877. The Labute approximate surface area is 296 Å². The normalized spacial score (nSPS) is 19.1. The Morgan fingerprint density at radius 3 is 2.35 bits per heavy atom. The van der Waals surface area contributed by atoms with Crippen LogP contribution in [-0.2, 0) is 22.1 Å². The number of imidazole rings is 1. The van der Waals surface area contributed by atoms with Crippen molar-refractivity contribution in [2.24, 2.45) is 0 Å². The van der Waals surface area contributed by atoms with E-state index >= 15 is 0 Å². The number of amides is 2. The fourth-order valence-electron chi connectivity index (χ4n) is 7.67. The van der Waals surface area contributed by atoms with E-state index in [4.69, 9.17) is 16.3 Å². The molecule has 0 bridgehead atoms. The first-order chi connectivity index (χ1) is 24.5. The van der Waals surface area contributed by atoms with Gasteiger partial charge in [0.15, 0.2) is 6.10 Å². The highest BCUT2D eigenvalue weighted by Gasteiger charge is 2.38. The number of alkyl halides is 3. The third-order valence-electron chi connectivity index (χ3n) is 10.4. The molecule has 2 aromatic heterocycles. The smallest absolute Gasteiger partial charge is 0.420 e. The first-order valence-corrected chi connectivity index (χ1v) is 17.6. The van der Waals surface area contributed by atoms with Crippen LogP contribution in [-0.4, -0.2) is 111 Å². The number of phenols is 1. The molecule has 272 valence electrons. The van der Waals surface area contributed by atoms with Gasteiger partial charge in [0.2, 0.25) is 0 Å². The average molecular weight is 730 g/mol. The second-order valence-corrected chi connectivity index (χ2v) is 13.9. The summed E-state index contributed by atoms with van der Waals surface area (Å²) in [6.07, 6.45) is -3.50. The number of carbonyl (C=O) groups is 2. The third kappa shape index (κ3) is 7.24. The van der Waals surface area contributed by atoms with Crippen molar-refractivity contribution in [3.05, 3.63) is 69.2 Å². The fourth-order valence-corrected chi connectivity index (χ4v) is 7.91. The van der Waals surface area contributed by atoms with E-state index in [-0.39, 0.29) is 36.8 Å². The van der Waals surface area contributed by atoms with E-state index in [1.54, 1.807) is 15.7 Å². The average Bonchev–Trinajstić information content (AvgIpc) is 3.48. The number of piperidine rings is 2. The molecule has 3 fully saturated rings. The Kier molecular flexibility index (Phi) is 9.87. The van der Waals surface area contributed by atoms with Crippen molar-refractivity contribution in [1.82, 2.24) is 34.6 Å². The second-order valence-electron chi connectivity index (χ2n) is 13.4. The monoisotopic (exact) mass is 729 g/mol. The molecule has 12 nitrogen and oxygen atoms in total. The maximum Gasteiger partial charge on any atom is 0.420 e. The molecular formula is C35H39ClF3N7O5. The zero-order chi connectivity index (χ0) is 35.9. The largest absolute Gasteiger partial charge is 0.506 e. The van der Waals surface area contributed by atoms with Gasteiger partial charge in [-0.3, -0.25) is 19.2 Å². The number of rotatable bonds is 6. The molecule has 3 aliphatic rings. The number of para-hydroxylation sites is 1. The minimum atomic E-state index is -4.90. The molecule has 3 saturated heterocycles. The van der Waals surface area contributed by atoms with Gasteiger partial charge >= 0.3 is 18.0 Å². The van der Waals surface area contributed by atoms with E-state index < -0.39 is 40.6 Å². The standard InChI is InChI=1S/C35H39ClF3N7O5/c36-26-18-21(17-25(31(26)47)35(37,38)39)19-29(32(48)44-11-5-22(6-12-44)43-15-9-40-10-16-43)51-34(50)45-13-7-23(8-14-45)46-28-20-41-27-4-2-1-3-24(27)30(28)42-33(46)49/h1-4,17-18,20,22-23,29,40,47H,5-16,19H2,(H,42,49)/t29-/m1/s1. The highest BCUT2D eigenvalue weighted by molar-refractivity contribution is 6.32. The summed E-state index contributed by atoms with van der Waals surface area (Å²) < 4.78 is 48.7. The van der Waals surface area contributed by atoms with Gasteiger partial charge in [-0.15, -0.1) is 0 Å². The van der Waals surface area contributed by atoms with Crippen molar-refractivity contribution in [2.75, 3.05) is 52.4 Å². The van der Waals surface area contributed by atoms with Gasteiger partial charge in [0.05, 0.1) is 33.3 Å². The topological polar surface area (TPSA) is 136 Å². The van der Waals surface area contributed by atoms with E-state index in [9.17, 15) is 32.7 Å². The summed E-state index contributed by atoms with van der Waals surface area (Å²) >= 11 is 5.99. The van der Waals surface area contributed by atoms with Crippen LogP contribution in [0.2, 0.25) is 5.02 Å². The van der Waals surface area contributed by atoms with E-state index in [0.717, 1.165) is 62.1 Å². The fraction of sp³-hybridized carbons (Fsp3) is 0.486. The Balaban J connectivity index is 1.07. The lowest BCUT2D eigenvalue weighted by atomic mass is 9.99. The van der Waals surface area contributed by atoms with Gasteiger partial charge in [-0.1, -0.05) is 29.8 Å².